The highest BCUT2D eigenvalue weighted by Crippen LogP contribution is 2.20. The lowest BCUT2D eigenvalue weighted by Gasteiger charge is -2.23. The molecule has 0 radical (unpaired) electrons. The summed E-state index contributed by atoms with van der Waals surface area (Å²) in [4.78, 5) is 14.4. The number of carbonyl (C=O) groups excluding carboxylic acids is 1. The van der Waals surface area contributed by atoms with Gasteiger partial charge in [0.2, 0.25) is 10.0 Å². The van der Waals surface area contributed by atoms with E-state index in [1.54, 1.807) is 36.4 Å². The van der Waals surface area contributed by atoms with Crippen LogP contribution in [0.15, 0.2) is 82.2 Å². The van der Waals surface area contributed by atoms with E-state index in [4.69, 9.17) is 4.74 Å². The van der Waals surface area contributed by atoms with Gasteiger partial charge in [0.25, 0.3) is 0 Å². The maximum atomic E-state index is 13.4. The Labute approximate surface area is 194 Å². The number of hydrogen-bond acceptors (Lipinski definition) is 4. The van der Waals surface area contributed by atoms with Gasteiger partial charge in [-0.3, -0.25) is 4.90 Å². The van der Waals surface area contributed by atoms with Gasteiger partial charge in [-0.15, -0.1) is 0 Å². The molecule has 0 aliphatic heterocycles. The molecule has 0 spiro atoms. The number of urea groups is 1. The van der Waals surface area contributed by atoms with Crippen molar-refractivity contribution in [2.24, 2.45) is 0 Å². The van der Waals surface area contributed by atoms with Crippen LogP contribution in [0.5, 0.6) is 5.75 Å². The molecule has 0 aliphatic rings. The third kappa shape index (κ3) is 6.28. The van der Waals surface area contributed by atoms with Gasteiger partial charge in [0, 0.05) is 35.0 Å². The molecule has 3 aromatic rings. The second-order valence-corrected chi connectivity index (χ2v) is 9.32. The lowest BCUT2D eigenvalue weighted by Crippen LogP contribution is -2.41. The van der Waals surface area contributed by atoms with Gasteiger partial charge in [-0.2, -0.15) is 0 Å². The first-order valence-electron chi connectivity index (χ1n) is 9.52. The molecular formula is C22H21BrFN3O4S. The summed E-state index contributed by atoms with van der Waals surface area (Å²) in [5.41, 5.74) is 0.909. The molecule has 0 aromatic heterocycles. The molecule has 0 saturated carbocycles. The van der Waals surface area contributed by atoms with E-state index in [-0.39, 0.29) is 18.0 Å². The Morgan fingerprint density at radius 1 is 1.06 bits per heavy atom. The first-order valence-corrected chi connectivity index (χ1v) is 11.8. The molecule has 3 rings (SSSR count). The van der Waals surface area contributed by atoms with Gasteiger partial charge in [-0.1, -0.05) is 22.0 Å². The summed E-state index contributed by atoms with van der Waals surface area (Å²) in [5, 5.41) is 2.75. The van der Waals surface area contributed by atoms with Crippen molar-refractivity contribution in [1.29, 1.82) is 0 Å². The largest absolute Gasteiger partial charge is 0.497 e. The number of hydrogen-bond donors (Lipinski definition) is 2. The van der Waals surface area contributed by atoms with Crippen LogP contribution < -0.4 is 19.7 Å². The van der Waals surface area contributed by atoms with Gasteiger partial charge in [0.1, 0.15) is 11.6 Å². The number of carbonyl (C=O) groups is 1. The first kappa shape index (κ1) is 23.7. The van der Waals surface area contributed by atoms with Gasteiger partial charge in [-0.25, -0.2) is 22.3 Å². The van der Waals surface area contributed by atoms with Crippen LogP contribution in [-0.4, -0.2) is 34.6 Å². The Kier molecular flexibility index (Phi) is 7.84. The van der Waals surface area contributed by atoms with E-state index in [2.05, 4.69) is 26.0 Å². The van der Waals surface area contributed by atoms with Crippen molar-refractivity contribution in [3.05, 3.63) is 83.1 Å². The maximum Gasteiger partial charge on any atom is 0.326 e. The summed E-state index contributed by atoms with van der Waals surface area (Å²) in [6.07, 6.45) is 0. The smallest absolute Gasteiger partial charge is 0.326 e. The van der Waals surface area contributed by atoms with Crippen molar-refractivity contribution in [2.75, 3.05) is 30.4 Å². The number of nitrogens with one attached hydrogen (secondary N) is 2. The van der Waals surface area contributed by atoms with Gasteiger partial charge < -0.3 is 10.1 Å². The van der Waals surface area contributed by atoms with Crippen molar-refractivity contribution in [3.8, 4) is 5.75 Å². The van der Waals surface area contributed by atoms with Crippen LogP contribution in [0.25, 0.3) is 0 Å². The summed E-state index contributed by atoms with van der Waals surface area (Å²) in [6.45, 7) is -0.0432. The van der Waals surface area contributed by atoms with E-state index in [1.807, 2.05) is 0 Å². The minimum absolute atomic E-state index is 0.0111. The number of sulfonamides is 1. The van der Waals surface area contributed by atoms with Crippen LogP contribution >= 0.6 is 15.9 Å². The molecule has 168 valence electrons. The van der Waals surface area contributed by atoms with E-state index in [1.165, 1.54) is 48.4 Å². The van der Waals surface area contributed by atoms with Crippen molar-refractivity contribution in [2.45, 2.75) is 4.90 Å². The van der Waals surface area contributed by atoms with Gasteiger partial charge in [0.15, 0.2) is 0 Å². The molecular weight excluding hydrogens is 501 g/mol. The van der Waals surface area contributed by atoms with Crippen LogP contribution in [0.1, 0.15) is 0 Å². The number of rotatable bonds is 8. The highest BCUT2D eigenvalue weighted by molar-refractivity contribution is 9.10. The Bertz CT molecular complexity index is 1170. The maximum absolute atomic E-state index is 13.4. The molecule has 32 heavy (non-hydrogen) atoms. The predicted molar refractivity (Wildman–Crippen MR) is 125 cm³/mol. The molecule has 0 saturated heterocycles. The monoisotopic (exact) mass is 521 g/mol. The van der Waals surface area contributed by atoms with Crippen molar-refractivity contribution >= 4 is 43.4 Å². The molecule has 3 aromatic carbocycles. The van der Waals surface area contributed by atoms with E-state index in [9.17, 15) is 17.6 Å². The molecule has 0 aliphatic carbocycles. The summed E-state index contributed by atoms with van der Waals surface area (Å²) < 4.78 is 46.8. The fourth-order valence-corrected chi connectivity index (χ4v) is 4.14. The van der Waals surface area contributed by atoms with Crippen LogP contribution in [0.2, 0.25) is 0 Å². The third-order valence-electron chi connectivity index (χ3n) is 4.46. The fourth-order valence-electron chi connectivity index (χ4n) is 2.85. The Morgan fingerprint density at radius 3 is 2.41 bits per heavy atom. The van der Waals surface area contributed by atoms with Crippen molar-refractivity contribution < 1.29 is 22.3 Å². The number of halogens is 2. The van der Waals surface area contributed by atoms with Crippen LogP contribution in [0, 0.1) is 5.82 Å². The quantitative estimate of drug-likeness (QED) is 0.452. The normalized spacial score (nSPS) is 11.1. The summed E-state index contributed by atoms with van der Waals surface area (Å²) in [5.74, 6) is 0.122. The molecule has 10 heteroatoms. The predicted octanol–water partition coefficient (Wildman–Crippen LogP) is 4.61. The van der Waals surface area contributed by atoms with Crippen LogP contribution in [0.3, 0.4) is 0 Å². The molecule has 0 unspecified atom stereocenters. The molecule has 2 amide bonds. The average molecular weight is 522 g/mol. The zero-order chi connectivity index (χ0) is 23.1. The molecule has 0 heterocycles. The van der Waals surface area contributed by atoms with Crippen molar-refractivity contribution in [3.63, 3.8) is 0 Å². The van der Waals surface area contributed by atoms with Gasteiger partial charge in [-0.05, 0) is 60.7 Å². The third-order valence-corrected chi connectivity index (χ3v) is 6.46. The van der Waals surface area contributed by atoms with Crippen molar-refractivity contribution in [1.82, 2.24) is 4.72 Å². The second-order valence-electron chi connectivity index (χ2n) is 6.64. The van der Waals surface area contributed by atoms with E-state index < -0.39 is 21.9 Å². The summed E-state index contributed by atoms with van der Waals surface area (Å²) >= 11 is 3.27. The zero-order valence-electron chi connectivity index (χ0n) is 17.1. The lowest BCUT2D eigenvalue weighted by molar-refractivity contribution is 0.257. The van der Waals surface area contributed by atoms with Gasteiger partial charge >= 0.3 is 6.03 Å². The fraction of sp³-hybridized carbons (Fsp3) is 0.136. The number of benzene rings is 3. The second kappa shape index (κ2) is 10.6. The number of nitrogens with zero attached hydrogens (tertiary/aromatic N) is 1. The van der Waals surface area contributed by atoms with E-state index in [0.29, 0.717) is 17.1 Å². The number of amides is 2. The Hall–Kier alpha value is -2.95. The Balaban J connectivity index is 1.74. The Morgan fingerprint density at radius 2 is 1.75 bits per heavy atom. The average Bonchev–Trinajstić information content (AvgIpc) is 2.78. The lowest BCUT2D eigenvalue weighted by atomic mass is 10.2. The van der Waals surface area contributed by atoms with Gasteiger partial charge in [0.05, 0.1) is 12.0 Å². The number of ether oxygens (including phenoxy) is 1. The van der Waals surface area contributed by atoms with E-state index >= 15 is 0 Å². The molecule has 0 fully saturated rings. The minimum Gasteiger partial charge on any atom is -0.497 e. The SMILES string of the molecule is COc1cccc(NC(=O)N(CCNS(=O)(=O)c2ccc(Br)cc2)c2ccc(F)cc2)c1. The highest BCUT2D eigenvalue weighted by atomic mass is 79.9. The molecule has 2 N–H and O–H groups in total. The molecule has 0 atom stereocenters. The van der Waals surface area contributed by atoms with E-state index in [0.717, 1.165) is 4.47 Å². The molecule has 7 nitrogen and oxygen atoms in total. The highest BCUT2D eigenvalue weighted by Gasteiger charge is 2.19. The first-order chi connectivity index (χ1) is 15.3. The number of anilines is 2. The van der Waals surface area contributed by atoms with Crippen LogP contribution in [-0.2, 0) is 10.0 Å². The molecule has 0 bridgehead atoms. The summed E-state index contributed by atoms with van der Waals surface area (Å²) in [6, 6.07) is 17.9. The van der Waals surface area contributed by atoms with Crippen LogP contribution in [0.4, 0.5) is 20.6 Å². The standard InChI is InChI=1S/C22H21BrFN3O4S/c1-31-20-4-2-3-18(15-20)26-22(28)27(19-9-7-17(24)8-10-19)14-13-25-32(29,30)21-11-5-16(23)6-12-21/h2-12,15,25H,13-14H2,1H3,(H,26,28). The summed E-state index contributed by atoms with van der Waals surface area (Å²) in [7, 11) is -2.24. The topological polar surface area (TPSA) is 87.7 Å². The minimum atomic E-state index is -3.76. The number of methoxy groups -OCH3 is 1. The zero-order valence-corrected chi connectivity index (χ0v) is 19.5.